The number of imide groups is 1. The second-order valence-corrected chi connectivity index (χ2v) is 9.55. The average Bonchev–Trinajstić information content (AvgIpc) is 3.33. The van der Waals surface area contributed by atoms with Crippen LogP contribution < -0.4 is 0 Å². The number of carbonyl (C=O) groups excluding carboxylic acids is 4. The third-order valence-electron chi connectivity index (χ3n) is 6.12. The van der Waals surface area contributed by atoms with Crippen LogP contribution in [-0.2, 0) is 4.79 Å². The van der Waals surface area contributed by atoms with Crippen molar-refractivity contribution in [3.8, 4) is 10.4 Å². The Balaban J connectivity index is 1.45. The third-order valence-corrected chi connectivity index (χ3v) is 7.14. The Morgan fingerprint density at radius 3 is 2.35 bits per heavy atom. The van der Waals surface area contributed by atoms with Gasteiger partial charge < -0.3 is 4.90 Å². The minimum absolute atomic E-state index is 0.000365. The van der Waals surface area contributed by atoms with Gasteiger partial charge in [0.05, 0.1) is 33.6 Å². The molecule has 3 heterocycles. The fraction of sp³-hybridized carbons (Fsp3) is 0.240. The van der Waals surface area contributed by atoms with Crippen molar-refractivity contribution in [2.75, 3.05) is 13.1 Å². The number of fused-ring (bicyclic) bond motifs is 1. The van der Waals surface area contributed by atoms with Crippen molar-refractivity contribution in [2.45, 2.75) is 25.8 Å². The lowest BCUT2D eigenvalue weighted by Crippen LogP contribution is -2.53. The fourth-order valence-electron chi connectivity index (χ4n) is 4.43. The number of halogens is 1. The molecule has 1 atom stereocenters. The van der Waals surface area contributed by atoms with E-state index in [2.05, 4.69) is 4.98 Å². The first-order valence-corrected chi connectivity index (χ1v) is 11.7. The molecule has 3 amide bonds. The van der Waals surface area contributed by atoms with Crippen molar-refractivity contribution in [1.82, 2.24) is 14.8 Å². The molecule has 0 aliphatic carbocycles. The second kappa shape index (κ2) is 8.57. The summed E-state index contributed by atoms with van der Waals surface area (Å²) in [7, 11) is 0. The number of amides is 3. The number of thiazole rings is 1. The van der Waals surface area contributed by atoms with E-state index < -0.39 is 23.8 Å². The molecule has 1 aromatic heterocycles. The van der Waals surface area contributed by atoms with Crippen LogP contribution in [0.5, 0.6) is 0 Å². The molecule has 0 spiro atoms. The third kappa shape index (κ3) is 3.81. The van der Waals surface area contributed by atoms with Gasteiger partial charge in [0.15, 0.2) is 5.78 Å². The first-order valence-electron chi connectivity index (χ1n) is 10.8. The number of hydrogen-bond donors (Lipinski definition) is 0. The van der Waals surface area contributed by atoms with E-state index in [4.69, 9.17) is 0 Å². The van der Waals surface area contributed by atoms with Gasteiger partial charge >= 0.3 is 0 Å². The monoisotopic (exact) mass is 477 g/mol. The number of piperidine rings is 1. The highest BCUT2D eigenvalue weighted by Gasteiger charge is 2.40. The Morgan fingerprint density at radius 2 is 1.71 bits per heavy atom. The zero-order valence-electron chi connectivity index (χ0n) is 18.3. The summed E-state index contributed by atoms with van der Waals surface area (Å²) >= 11 is 1.31. The van der Waals surface area contributed by atoms with Crippen molar-refractivity contribution in [1.29, 1.82) is 0 Å². The van der Waals surface area contributed by atoms with Crippen molar-refractivity contribution >= 4 is 34.8 Å². The molecule has 9 heteroatoms. The van der Waals surface area contributed by atoms with Gasteiger partial charge in [-0.15, -0.1) is 11.3 Å². The maximum atomic E-state index is 13.6. The molecule has 1 saturated heterocycles. The van der Waals surface area contributed by atoms with Crippen LogP contribution in [0, 0.1) is 12.7 Å². The van der Waals surface area contributed by atoms with Gasteiger partial charge in [-0.2, -0.15) is 0 Å². The lowest BCUT2D eigenvalue weighted by Gasteiger charge is -2.36. The lowest BCUT2D eigenvalue weighted by molar-refractivity contribution is -0.122. The zero-order chi connectivity index (χ0) is 24.0. The standard InChI is InChI=1S/C25H20FN3O4S/c1-14-27-21(22(34-14)15-6-8-16(26)9-7-15)25(33)28-13-18(30)11-10-17(28)12-29-23(31)19-4-2-3-5-20(19)24(29)32/h2-9,17H,10-13H2,1H3. The van der Waals surface area contributed by atoms with Crippen LogP contribution in [0.2, 0.25) is 0 Å². The normalized spacial score (nSPS) is 17.9. The molecule has 3 aromatic rings. The quantitative estimate of drug-likeness (QED) is 0.535. The van der Waals surface area contributed by atoms with Gasteiger partial charge in [0, 0.05) is 13.0 Å². The van der Waals surface area contributed by atoms with Crippen LogP contribution in [0.25, 0.3) is 10.4 Å². The van der Waals surface area contributed by atoms with Crippen LogP contribution >= 0.6 is 11.3 Å². The number of nitrogens with zero attached hydrogens (tertiary/aromatic N) is 3. The van der Waals surface area contributed by atoms with Crippen LogP contribution in [0.1, 0.15) is 49.1 Å². The van der Waals surface area contributed by atoms with Crippen LogP contribution in [0.3, 0.4) is 0 Å². The van der Waals surface area contributed by atoms with Gasteiger partial charge in [0.1, 0.15) is 11.5 Å². The van der Waals surface area contributed by atoms with E-state index >= 15 is 0 Å². The molecule has 2 aliphatic rings. The highest BCUT2D eigenvalue weighted by molar-refractivity contribution is 7.15. The van der Waals surface area contributed by atoms with Gasteiger partial charge in [0.25, 0.3) is 17.7 Å². The highest BCUT2D eigenvalue weighted by atomic mass is 32.1. The van der Waals surface area contributed by atoms with E-state index in [1.165, 1.54) is 28.4 Å². The minimum atomic E-state index is -0.518. The van der Waals surface area contributed by atoms with Gasteiger partial charge in [0.2, 0.25) is 0 Å². The first kappa shape index (κ1) is 22.1. The summed E-state index contributed by atoms with van der Waals surface area (Å²) in [6.45, 7) is 1.65. The van der Waals surface area contributed by atoms with E-state index in [1.54, 1.807) is 43.3 Å². The molecule has 0 bridgehead atoms. The SMILES string of the molecule is Cc1nc(C(=O)N2CC(=O)CCC2CN2C(=O)c3ccccc3C2=O)c(-c2ccc(F)cc2)s1. The van der Waals surface area contributed by atoms with E-state index in [0.29, 0.717) is 33.0 Å². The van der Waals surface area contributed by atoms with Gasteiger partial charge in [-0.3, -0.25) is 24.1 Å². The topological polar surface area (TPSA) is 87.7 Å². The molecule has 0 saturated carbocycles. The van der Waals surface area contributed by atoms with Gasteiger partial charge in [-0.1, -0.05) is 24.3 Å². The number of aromatic nitrogens is 1. The molecular formula is C25H20FN3O4S. The number of ketones is 1. The summed E-state index contributed by atoms with van der Waals surface area (Å²) in [4.78, 5) is 59.2. The number of rotatable bonds is 4. The predicted molar refractivity (Wildman–Crippen MR) is 123 cm³/mol. The summed E-state index contributed by atoms with van der Waals surface area (Å²) in [5, 5.41) is 0.655. The number of hydrogen-bond acceptors (Lipinski definition) is 6. The molecule has 172 valence electrons. The maximum absolute atomic E-state index is 13.6. The second-order valence-electron chi connectivity index (χ2n) is 8.35. The molecule has 5 rings (SSSR count). The smallest absolute Gasteiger partial charge is 0.274 e. The maximum Gasteiger partial charge on any atom is 0.274 e. The fourth-order valence-corrected chi connectivity index (χ4v) is 5.35. The summed E-state index contributed by atoms with van der Waals surface area (Å²) in [6.07, 6.45) is 0.603. The average molecular weight is 478 g/mol. The Labute approximate surface area is 198 Å². The van der Waals surface area contributed by atoms with Gasteiger partial charge in [-0.05, 0) is 43.2 Å². The Bertz CT molecular complexity index is 1300. The number of aryl methyl sites for hydroxylation is 1. The molecular weight excluding hydrogens is 457 g/mol. The highest BCUT2D eigenvalue weighted by Crippen LogP contribution is 2.33. The molecule has 34 heavy (non-hydrogen) atoms. The molecule has 2 aliphatic heterocycles. The van der Waals surface area contributed by atoms with E-state index in [-0.39, 0.29) is 36.8 Å². The summed E-state index contributed by atoms with van der Waals surface area (Å²) in [5.41, 5.74) is 1.50. The van der Waals surface area contributed by atoms with E-state index in [9.17, 15) is 23.6 Å². The van der Waals surface area contributed by atoms with Gasteiger partial charge in [-0.25, -0.2) is 9.37 Å². The Hall–Kier alpha value is -3.72. The minimum Gasteiger partial charge on any atom is -0.325 e. The van der Waals surface area contributed by atoms with Crippen molar-refractivity contribution < 1.29 is 23.6 Å². The summed E-state index contributed by atoms with van der Waals surface area (Å²) < 4.78 is 13.4. The Morgan fingerprint density at radius 1 is 1.06 bits per heavy atom. The molecule has 1 unspecified atom stereocenters. The van der Waals surface area contributed by atoms with Crippen LogP contribution in [0.15, 0.2) is 48.5 Å². The predicted octanol–water partition coefficient (Wildman–Crippen LogP) is 3.73. The molecule has 0 radical (unpaired) electrons. The van der Waals surface area contributed by atoms with Crippen molar-refractivity contribution in [3.63, 3.8) is 0 Å². The molecule has 0 N–H and O–H groups in total. The molecule has 7 nitrogen and oxygen atoms in total. The summed E-state index contributed by atoms with van der Waals surface area (Å²) in [5.74, 6) is -1.73. The first-order chi connectivity index (χ1) is 16.3. The Kier molecular flexibility index (Phi) is 5.57. The zero-order valence-corrected chi connectivity index (χ0v) is 19.1. The number of likely N-dealkylation sites (tertiary alicyclic amines) is 1. The van der Waals surface area contributed by atoms with Crippen LogP contribution in [-0.4, -0.2) is 57.4 Å². The molecule has 1 fully saturated rings. The van der Waals surface area contributed by atoms with Crippen molar-refractivity contribution in [3.05, 3.63) is 76.2 Å². The lowest BCUT2D eigenvalue weighted by atomic mass is 9.99. The number of carbonyl (C=O) groups is 4. The van der Waals surface area contributed by atoms with Crippen molar-refractivity contribution in [2.24, 2.45) is 0 Å². The molecule has 2 aromatic carbocycles. The number of Topliss-reactive ketones (excluding diaryl/α,β-unsaturated/α-hetero) is 1. The van der Waals surface area contributed by atoms with E-state index in [1.807, 2.05) is 0 Å². The number of benzene rings is 2. The largest absolute Gasteiger partial charge is 0.325 e. The van der Waals surface area contributed by atoms with E-state index in [0.717, 1.165) is 4.90 Å². The summed E-state index contributed by atoms with van der Waals surface area (Å²) in [6, 6.07) is 11.9. The van der Waals surface area contributed by atoms with Crippen LogP contribution in [0.4, 0.5) is 4.39 Å².